The van der Waals surface area contributed by atoms with Crippen molar-refractivity contribution in [2.75, 3.05) is 19.5 Å². The van der Waals surface area contributed by atoms with Gasteiger partial charge in [0.15, 0.2) is 5.65 Å². The number of hydrogen-bond donors (Lipinski definition) is 1. The monoisotopic (exact) mass is 498 g/mol. The fourth-order valence-electron chi connectivity index (χ4n) is 4.21. The standard InChI is InChI=1S/C22H23BrN6O3/c1-31-11-18(12-2-3-12)29(8-14-4-5-19(23)28-27-14)22(30)13-6-15-16-9-32-10-17(16)20(24)26-21(15)25-7-13/h4-7,12,18H,2-3,8-11H2,1H3,(H2,24,25,26)/t18-/m1/s1. The van der Waals surface area contributed by atoms with Crippen LogP contribution in [0.15, 0.2) is 29.0 Å². The molecule has 1 aliphatic heterocycles. The summed E-state index contributed by atoms with van der Waals surface area (Å²) in [6.45, 7) is 1.66. The molecule has 4 heterocycles. The van der Waals surface area contributed by atoms with Crippen molar-refractivity contribution < 1.29 is 14.3 Å². The summed E-state index contributed by atoms with van der Waals surface area (Å²) in [7, 11) is 1.66. The first kappa shape index (κ1) is 21.2. The maximum Gasteiger partial charge on any atom is 0.256 e. The highest BCUT2D eigenvalue weighted by atomic mass is 79.9. The van der Waals surface area contributed by atoms with Gasteiger partial charge in [-0.25, -0.2) is 9.97 Å². The van der Waals surface area contributed by atoms with Gasteiger partial charge in [0, 0.05) is 24.3 Å². The minimum atomic E-state index is -0.123. The summed E-state index contributed by atoms with van der Waals surface area (Å²) in [6, 6.07) is 5.49. The van der Waals surface area contributed by atoms with Gasteiger partial charge in [-0.15, -0.1) is 5.10 Å². The highest BCUT2D eigenvalue weighted by molar-refractivity contribution is 9.10. The molecule has 166 valence electrons. The minimum Gasteiger partial charge on any atom is -0.383 e. The summed E-state index contributed by atoms with van der Waals surface area (Å²) in [4.78, 5) is 24.4. The minimum absolute atomic E-state index is 0.0489. The summed E-state index contributed by atoms with van der Waals surface area (Å²) in [5, 5.41) is 9.11. The van der Waals surface area contributed by atoms with Crippen LogP contribution in [0.4, 0.5) is 5.82 Å². The highest BCUT2D eigenvalue weighted by Crippen LogP contribution is 2.37. The number of fused-ring (bicyclic) bond motifs is 3. The summed E-state index contributed by atoms with van der Waals surface area (Å²) < 4.78 is 11.7. The summed E-state index contributed by atoms with van der Waals surface area (Å²) in [5.74, 6) is 0.721. The molecule has 0 unspecified atom stereocenters. The van der Waals surface area contributed by atoms with Crippen LogP contribution in [-0.2, 0) is 29.2 Å². The first-order valence-corrected chi connectivity index (χ1v) is 11.3. The van der Waals surface area contributed by atoms with Crippen LogP contribution in [0.2, 0.25) is 0 Å². The molecule has 0 radical (unpaired) electrons. The third-order valence-electron chi connectivity index (χ3n) is 6.02. The maximum atomic E-state index is 13.8. The molecule has 0 spiro atoms. The molecule has 5 rings (SSSR count). The zero-order valence-electron chi connectivity index (χ0n) is 17.6. The lowest BCUT2D eigenvalue weighted by atomic mass is 10.0. The number of carbonyl (C=O) groups is 1. The third-order valence-corrected chi connectivity index (χ3v) is 6.44. The Bertz CT molecular complexity index is 1170. The number of pyridine rings is 2. The molecule has 32 heavy (non-hydrogen) atoms. The normalized spacial score (nSPS) is 16.2. The molecule has 1 saturated carbocycles. The molecule has 0 aromatic carbocycles. The Kier molecular flexibility index (Phi) is 5.75. The van der Waals surface area contributed by atoms with E-state index in [4.69, 9.17) is 15.2 Å². The van der Waals surface area contributed by atoms with Gasteiger partial charge in [-0.3, -0.25) is 4.79 Å². The summed E-state index contributed by atoms with van der Waals surface area (Å²) in [6.07, 6.45) is 3.72. The van der Waals surface area contributed by atoms with E-state index in [1.807, 2.05) is 23.1 Å². The molecule has 0 saturated heterocycles. The first-order chi connectivity index (χ1) is 15.5. The van der Waals surface area contributed by atoms with Crippen LogP contribution < -0.4 is 5.73 Å². The van der Waals surface area contributed by atoms with E-state index in [9.17, 15) is 4.79 Å². The van der Waals surface area contributed by atoms with Crippen molar-refractivity contribution in [3.8, 4) is 0 Å². The Morgan fingerprint density at radius 1 is 1.31 bits per heavy atom. The number of anilines is 1. The number of carbonyl (C=O) groups excluding carboxylic acids is 1. The van der Waals surface area contributed by atoms with Crippen LogP contribution in [-0.4, -0.2) is 50.7 Å². The number of methoxy groups -OCH3 is 1. The second-order valence-corrected chi connectivity index (χ2v) is 9.00. The quantitative estimate of drug-likeness (QED) is 0.528. The average Bonchev–Trinajstić information content (AvgIpc) is 3.51. The van der Waals surface area contributed by atoms with Crippen molar-refractivity contribution in [3.63, 3.8) is 0 Å². The predicted octanol–water partition coefficient (Wildman–Crippen LogP) is 2.86. The molecule has 9 nitrogen and oxygen atoms in total. The second kappa shape index (κ2) is 8.68. The van der Waals surface area contributed by atoms with Gasteiger partial charge >= 0.3 is 0 Å². The van der Waals surface area contributed by atoms with Gasteiger partial charge in [-0.05, 0) is 58.5 Å². The van der Waals surface area contributed by atoms with Crippen LogP contribution in [0.25, 0.3) is 11.0 Å². The number of nitrogen functional groups attached to an aromatic ring is 1. The molecule has 3 aromatic rings. The summed E-state index contributed by atoms with van der Waals surface area (Å²) in [5.41, 5.74) is 9.61. The zero-order chi connectivity index (χ0) is 22.2. The SMILES string of the molecule is COC[C@H](C1CC1)N(Cc1ccc(Br)nn1)C(=O)c1cnc2nc(N)c3c(c2c1)COC3. The van der Waals surface area contributed by atoms with E-state index in [2.05, 4.69) is 36.1 Å². The van der Waals surface area contributed by atoms with Crippen molar-refractivity contribution in [3.05, 3.63) is 51.4 Å². The number of hydrogen-bond acceptors (Lipinski definition) is 8. The Balaban J connectivity index is 1.53. The van der Waals surface area contributed by atoms with Crippen molar-refractivity contribution in [2.24, 2.45) is 5.92 Å². The first-order valence-electron chi connectivity index (χ1n) is 10.5. The number of nitrogens with two attached hydrogens (primary N) is 1. The smallest absolute Gasteiger partial charge is 0.256 e. The lowest BCUT2D eigenvalue weighted by Crippen LogP contribution is -2.44. The highest BCUT2D eigenvalue weighted by Gasteiger charge is 2.38. The van der Waals surface area contributed by atoms with Gasteiger partial charge in [0.1, 0.15) is 10.4 Å². The van der Waals surface area contributed by atoms with E-state index < -0.39 is 0 Å². The largest absolute Gasteiger partial charge is 0.383 e. The maximum absolute atomic E-state index is 13.8. The number of ether oxygens (including phenoxy) is 2. The van der Waals surface area contributed by atoms with Crippen LogP contribution in [0, 0.1) is 5.92 Å². The molecule has 2 aliphatic rings. The number of amides is 1. The van der Waals surface area contributed by atoms with Crippen molar-refractivity contribution >= 4 is 38.7 Å². The summed E-state index contributed by atoms with van der Waals surface area (Å²) >= 11 is 3.31. The van der Waals surface area contributed by atoms with Gasteiger partial charge in [0.05, 0.1) is 43.7 Å². The van der Waals surface area contributed by atoms with E-state index in [1.54, 1.807) is 13.3 Å². The Morgan fingerprint density at radius 2 is 2.12 bits per heavy atom. The van der Waals surface area contributed by atoms with Crippen molar-refractivity contribution in [2.45, 2.75) is 38.6 Å². The molecule has 1 aliphatic carbocycles. The fraction of sp³-hybridized carbons (Fsp3) is 0.409. The van der Waals surface area contributed by atoms with Gasteiger partial charge < -0.3 is 20.1 Å². The van der Waals surface area contributed by atoms with E-state index in [0.29, 0.717) is 59.6 Å². The van der Waals surface area contributed by atoms with Crippen molar-refractivity contribution in [1.29, 1.82) is 0 Å². The zero-order valence-corrected chi connectivity index (χ0v) is 19.2. The van der Waals surface area contributed by atoms with Gasteiger partial charge in [-0.1, -0.05) is 0 Å². The van der Waals surface area contributed by atoms with Gasteiger partial charge in [-0.2, -0.15) is 5.10 Å². The van der Waals surface area contributed by atoms with E-state index in [-0.39, 0.29) is 11.9 Å². The molecule has 2 N–H and O–H groups in total. The Hall–Kier alpha value is -2.69. The topological polar surface area (TPSA) is 116 Å². The number of halogens is 1. The number of rotatable bonds is 7. The van der Waals surface area contributed by atoms with Crippen LogP contribution in [0.3, 0.4) is 0 Å². The van der Waals surface area contributed by atoms with Crippen LogP contribution in [0.5, 0.6) is 0 Å². The lowest BCUT2D eigenvalue weighted by molar-refractivity contribution is 0.0453. The molecular formula is C22H23BrN6O3. The van der Waals surface area contributed by atoms with Gasteiger partial charge in [0.2, 0.25) is 0 Å². The molecule has 1 fully saturated rings. The Labute approximate surface area is 193 Å². The number of nitrogens with zero attached hydrogens (tertiary/aromatic N) is 5. The average molecular weight is 499 g/mol. The van der Waals surface area contributed by atoms with E-state index >= 15 is 0 Å². The van der Waals surface area contributed by atoms with Crippen LogP contribution in [0.1, 0.15) is 40.0 Å². The lowest BCUT2D eigenvalue weighted by Gasteiger charge is -2.31. The van der Waals surface area contributed by atoms with E-state index in [1.165, 1.54) is 0 Å². The van der Waals surface area contributed by atoms with Crippen molar-refractivity contribution in [1.82, 2.24) is 25.1 Å². The predicted molar refractivity (Wildman–Crippen MR) is 120 cm³/mol. The molecule has 1 atom stereocenters. The van der Waals surface area contributed by atoms with Crippen LogP contribution >= 0.6 is 15.9 Å². The molecular weight excluding hydrogens is 476 g/mol. The van der Waals surface area contributed by atoms with Gasteiger partial charge in [0.25, 0.3) is 5.91 Å². The molecule has 0 bridgehead atoms. The molecule has 3 aromatic heterocycles. The number of aromatic nitrogens is 4. The van der Waals surface area contributed by atoms with E-state index in [0.717, 1.165) is 29.4 Å². The molecule has 1 amide bonds. The second-order valence-electron chi connectivity index (χ2n) is 8.18. The fourth-order valence-corrected chi connectivity index (χ4v) is 4.42. The Morgan fingerprint density at radius 3 is 2.84 bits per heavy atom. The molecule has 10 heteroatoms. The third kappa shape index (κ3) is 4.05.